The zero-order valence-corrected chi connectivity index (χ0v) is 22.5. The van der Waals surface area contributed by atoms with E-state index in [9.17, 15) is 13.2 Å². The summed E-state index contributed by atoms with van der Waals surface area (Å²) in [6.45, 7) is 1.13. The molecule has 192 valence electrons. The number of hydrogen-bond donors (Lipinski definition) is 3. The molecule has 0 unspecified atom stereocenters. The molecule has 1 aliphatic heterocycles. The number of aromatic amines is 1. The third-order valence-corrected chi connectivity index (χ3v) is 7.70. The van der Waals surface area contributed by atoms with Crippen molar-refractivity contribution in [2.75, 3.05) is 25.1 Å². The third kappa shape index (κ3) is 6.03. The van der Waals surface area contributed by atoms with E-state index in [4.69, 9.17) is 34.8 Å². The number of nitrogens with zero attached hydrogens (tertiary/aromatic N) is 3. The summed E-state index contributed by atoms with van der Waals surface area (Å²) in [5, 5.41) is 12.0. The maximum absolute atomic E-state index is 14.1. The standard InChI is InChI=1S/C23H25Cl3N6O3S/c1-27-36(34,35)28-14-18-21(15-5-7-16(24)8-6-15)29-30-22(18)23(33)32(31-11-3-2-4-12-31)20-10-9-17(25)13-19(20)26/h5-10,13,27-28H,2-4,11-12,14H2,1H3,(H,29,30). The van der Waals surface area contributed by atoms with Gasteiger partial charge in [0.05, 0.1) is 16.4 Å². The minimum absolute atomic E-state index is 0.135. The van der Waals surface area contributed by atoms with Crippen molar-refractivity contribution < 1.29 is 13.2 Å². The Kier molecular flexibility index (Phi) is 8.56. The lowest BCUT2D eigenvalue weighted by Gasteiger charge is -2.37. The van der Waals surface area contributed by atoms with E-state index < -0.39 is 16.1 Å². The summed E-state index contributed by atoms with van der Waals surface area (Å²) in [5.41, 5.74) is 2.08. The van der Waals surface area contributed by atoms with Crippen LogP contribution in [0, 0.1) is 0 Å². The Morgan fingerprint density at radius 3 is 2.36 bits per heavy atom. The van der Waals surface area contributed by atoms with E-state index in [1.54, 1.807) is 42.5 Å². The normalized spacial score (nSPS) is 14.7. The molecule has 1 aromatic heterocycles. The minimum Gasteiger partial charge on any atom is -0.272 e. The zero-order chi connectivity index (χ0) is 25.9. The first-order chi connectivity index (χ1) is 17.2. The molecule has 3 aromatic rings. The van der Waals surface area contributed by atoms with E-state index in [0.29, 0.717) is 50.7 Å². The van der Waals surface area contributed by atoms with E-state index in [1.165, 1.54) is 12.1 Å². The number of carbonyl (C=O) groups excluding carboxylic acids is 1. The molecular formula is C23H25Cl3N6O3S. The van der Waals surface area contributed by atoms with Crippen LogP contribution in [-0.4, -0.2) is 49.7 Å². The fraction of sp³-hybridized carbons (Fsp3) is 0.304. The molecule has 2 aromatic carbocycles. The third-order valence-electron chi connectivity index (χ3n) is 5.85. The summed E-state index contributed by atoms with van der Waals surface area (Å²) in [6.07, 6.45) is 2.90. The van der Waals surface area contributed by atoms with Crippen LogP contribution in [0.1, 0.15) is 35.3 Å². The highest BCUT2D eigenvalue weighted by Gasteiger charge is 2.32. The Hall–Kier alpha value is -2.18. The molecule has 1 amide bonds. The van der Waals surface area contributed by atoms with Gasteiger partial charge in [0, 0.05) is 47.9 Å². The van der Waals surface area contributed by atoms with Crippen LogP contribution in [0.2, 0.25) is 15.1 Å². The highest BCUT2D eigenvalue weighted by molar-refractivity contribution is 7.87. The fourth-order valence-corrected chi connectivity index (χ4v) is 5.12. The number of aromatic nitrogens is 2. The van der Waals surface area contributed by atoms with E-state index in [-0.39, 0.29) is 12.2 Å². The zero-order valence-electron chi connectivity index (χ0n) is 19.4. The van der Waals surface area contributed by atoms with Crippen LogP contribution in [0.4, 0.5) is 5.69 Å². The molecule has 3 N–H and O–H groups in total. The number of H-pyrrole nitrogens is 1. The van der Waals surface area contributed by atoms with Gasteiger partial charge in [-0.2, -0.15) is 18.2 Å². The molecule has 0 spiro atoms. The van der Waals surface area contributed by atoms with Crippen LogP contribution in [0.5, 0.6) is 0 Å². The summed E-state index contributed by atoms with van der Waals surface area (Å²) in [5.74, 6) is -0.424. The molecule has 1 saturated heterocycles. The molecule has 0 aliphatic carbocycles. The van der Waals surface area contributed by atoms with Crippen LogP contribution in [-0.2, 0) is 16.8 Å². The van der Waals surface area contributed by atoms with Crippen molar-refractivity contribution in [1.82, 2.24) is 24.7 Å². The molecule has 9 nitrogen and oxygen atoms in total. The molecule has 0 bridgehead atoms. The number of anilines is 1. The van der Waals surface area contributed by atoms with Crippen molar-refractivity contribution >= 4 is 56.6 Å². The van der Waals surface area contributed by atoms with Gasteiger partial charge in [-0.3, -0.25) is 9.89 Å². The number of amides is 1. The Balaban J connectivity index is 1.81. The molecule has 1 fully saturated rings. The van der Waals surface area contributed by atoms with Gasteiger partial charge < -0.3 is 0 Å². The second-order valence-electron chi connectivity index (χ2n) is 8.19. The Morgan fingerprint density at radius 1 is 1.06 bits per heavy atom. The number of halogens is 3. The smallest absolute Gasteiger partial charge is 0.272 e. The first-order valence-electron chi connectivity index (χ1n) is 11.3. The van der Waals surface area contributed by atoms with Gasteiger partial charge in [-0.1, -0.05) is 53.4 Å². The Bertz CT molecular complexity index is 1340. The molecule has 13 heteroatoms. The topological polar surface area (TPSA) is 110 Å². The van der Waals surface area contributed by atoms with Gasteiger partial charge in [-0.15, -0.1) is 0 Å². The summed E-state index contributed by atoms with van der Waals surface area (Å²) < 4.78 is 29.0. The summed E-state index contributed by atoms with van der Waals surface area (Å²) >= 11 is 18.7. The summed E-state index contributed by atoms with van der Waals surface area (Å²) in [4.78, 5) is 14.1. The summed E-state index contributed by atoms with van der Waals surface area (Å²) in [7, 11) is -2.49. The number of benzene rings is 2. The number of rotatable bonds is 8. The van der Waals surface area contributed by atoms with Crippen LogP contribution >= 0.6 is 34.8 Å². The number of nitrogens with one attached hydrogen (secondary N) is 3. The average Bonchev–Trinajstić information content (AvgIpc) is 3.29. The maximum atomic E-state index is 14.1. The second-order valence-corrected chi connectivity index (χ2v) is 11.2. The predicted octanol–water partition coefficient (Wildman–Crippen LogP) is 4.64. The van der Waals surface area contributed by atoms with Crippen molar-refractivity contribution in [3.8, 4) is 11.3 Å². The molecular weight excluding hydrogens is 547 g/mol. The molecule has 4 rings (SSSR count). The SMILES string of the molecule is CNS(=O)(=O)NCc1c(-c2ccc(Cl)cc2)n[nH]c1C(=O)N(c1ccc(Cl)cc1Cl)N1CCCCC1. The molecule has 1 aliphatic rings. The van der Waals surface area contributed by atoms with Crippen LogP contribution in [0.3, 0.4) is 0 Å². The molecule has 0 radical (unpaired) electrons. The molecule has 2 heterocycles. The Labute approximate surface area is 224 Å². The summed E-state index contributed by atoms with van der Waals surface area (Å²) in [6, 6.07) is 11.8. The quantitative estimate of drug-likeness (QED) is 0.365. The van der Waals surface area contributed by atoms with Gasteiger partial charge >= 0.3 is 0 Å². The van der Waals surface area contributed by atoms with Crippen molar-refractivity contribution in [2.24, 2.45) is 0 Å². The monoisotopic (exact) mass is 570 g/mol. The first-order valence-corrected chi connectivity index (χ1v) is 13.9. The largest absolute Gasteiger partial charge is 0.291 e. The van der Waals surface area contributed by atoms with Gasteiger partial charge in [-0.05, 0) is 43.2 Å². The first kappa shape index (κ1) is 26.9. The van der Waals surface area contributed by atoms with Crippen molar-refractivity contribution in [3.05, 3.63) is 68.8 Å². The predicted molar refractivity (Wildman–Crippen MR) is 143 cm³/mol. The van der Waals surface area contributed by atoms with Gasteiger partial charge in [-0.25, -0.2) is 14.7 Å². The van der Waals surface area contributed by atoms with Gasteiger partial charge in [0.2, 0.25) is 0 Å². The van der Waals surface area contributed by atoms with Crippen molar-refractivity contribution in [2.45, 2.75) is 25.8 Å². The van der Waals surface area contributed by atoms with Crippen LogP contribution in [0.15, 0.2) is 42.5 Å². The van der Waals surface area contributed by atoms with Gasteiger partial charge in [0.25, 0.3) is 16.1 Å². The lowest BCUT2D eigenvalue weighted by Crippen LogP contribution is -2.49. The van der Waals surface area contributed by atoms with E-state index >= 15 is 0 Å². The minimum atomic E-state index is -3.78. The van der Waals surface area contributed by atoms with E-state index in [0.717, 1.165) is 19.3 Å². The van der Waals surface area contributed by atoms with Crippen LogP contribution in [0.25, 0.3) is 11.3 Å². The Morgan fingerprint density at radius 2 is 1.72 bits per heavy atom. The van der Waals surface area contributed by atoms with E-state index in [2.05, 4.69) is 19.6 Å². The lowest BCUT2D eigenvalue weighted by molar-refractivity contribution is 0.0866. The molecule has 36 heavy (non-hydrogen) atoms. The molecule has 0 saturated carbocycles. The average molecular weight is 572 g/mol. The number of carbonyl (C=O) groups is 1. The lowest BCUT2D eigenvalue weighted by atomic mass is 10.1. The molecule has 0 atom stereocenters. The number of piperidine rings is 1. The van der Waals surface area contributed by atoms with Crippen LogP contribution < -0.4 is 14.5 Å². The highest BCUT2D eigenvalue weighted by Crippen LogP contribution is 2.33. The number of hydrogen-bond acceptors (Lipinski definition) is 5. The second kappa shape index (κ2) is 11.5. The number of hydrazine groups is 1. The van der Waals surface area contributed by atoms with Gasteiger partial charge in [0.15, 0.2) is 0 Å². The highest BCUT2D eigenvalue weighted by atomic mass is 35.5. The fourth-order valence-electron chi connectivity index (χ4n) is 4.03. The maximum Gasteiger partial charge on any atom is 0.291 e. The van der Waals surface area contributed by atoms with Crippen molar-refractivity contribution in [1.29, 1.82) is 0 Å². The van der Waals surface area contributed by atoms with Crippen molar-refractivity contribution in [3.63, 3.8) is 0 Å². The van der Waals surface area contributed by atoms with E-state index in [1.807, 2.05) is 5.01 Å². The van der Waals surface area contributed by atoms with Gasteiger partial charge in [0.1, 0.15) is 5.69 Å².